The Morgan fingerprint density at radius 1 is 1.37 bits per heavy atom. The van der Waals surface area contributed by atoms with Crippen molar-refractivity contribution in [1.29, 1.82) is 0 Å². The lowest BCUT2D eigenvalue weighted by atomic mass is 9.98. The SMILES string of the molecule is CCCN(Cc1csc(C)n1)C1CC2CCC(C1)N2. The molecule has 2 bridgehead atoms. The van der Waals surface area contributed by atoms with Crippen molar-refractivity contribution in [1.82, 2.24) is 15.2 Å². The van der Waals surface area contributed by atoms with E-state index in [-0.39, 0.29) is 0 Å². The highest BCUT2D eigenvalue weighted by Gasteiger charge is 2.35. The van der Waals surface area contributed by atoms with Crippen molar-refractivity contribution in [3.63, 3.8) is 0 Å². The summed E-state index contributed by atoms with van der Waals surface area (Å²) in [6.07, 6.45) is 6.68. The van der Waals surface area contributed by atoms with Crippen molar-refractivity contribution in [3.05, 3.63) is 16.1 Å². The molecule has 0 amide bonds. The average molecular weight is 279 g/mol. The van der Waals surface area contributed by atoms with Gasteiger partial charge in [-0.05, 0) is 45.6 Å². The van der Waals surface area contributed by atoms with Crippen LogP contribution >= 0.6 is 11.3 Å². The second-order valence-corrected chi connectivity index (χ2v) is 7.15. The van der Waals surface area contributed by atoms with Crippen LogP contribution in [0.4, 0.5) is 0 Å². The molecule has 1 N–H and O–H groups in total. The highest BCUT2D eigenvalue weighted by molar-refractivity contribution is 7.09. The number of thiazole rings is 1. The Morgan fingerprint density at radius 2 is 2.11 bits per heavy atom. The second kappa shape index (κ2) is 5.90. The highest BCUT2D eigenvalue weighted by atomic mass is 32.1. The summed E-state index contributed by atoms with van der Waals surface area (Å²) in [4.78, 5) is 7.32. The topological polar surface area (TPSA) is 28.2 Å². The Labute approximate surface area is 120 Å². The monoisotopic (exact) mass is 279 g/mol. The first-order valence-corrected chi connectivity index (χ1v) is 8.53. The summed E-state index contributed by atoms with van der Waals surface area (Å²) >= 11 is 1.77. The molecule has 4 heteroatoms. The van der Waals surface area contributed by atoms with Gasteiger partial charge in [-0.3, -0.25) is 4.90 Å². The van der Waals surface area contributed by atoms with E-state index in [1.54, 1.807) is 11.3 Å². The molecule has 1 aromatic heterocycles. The summed E-state index contributed by atoms with van der Waals surface area (Å²) < 4.78 is 0. The number of hydrogen-bond donors (Lipinski definition) is 1. The Balaban J connectivity index is 1.66. The summed E-state index contributed by atoms with van der Waals surface area (Å²) in [5.41, 5.74) is 1.27. The number of aromatic nitrogens is 1. The van der Waals surface area contributed by atoms with Crippen LogP contribution in [0.3, 0.4) is 0 Å². The van der Waals surface area contributed by atoms with E-state index in [2.05, 4.69) is 34.4 Å². The molecule has 2 fully saturated rings. The van der Waals surface area contributed by atoms with Gasteiger partial charge in [-0.1, -0.05) is 6.92 Å². The van der Waals surface area contributed by atoms with Gasteiger partial charge in [0.15, 0.2) is 0 Å². The molecule has 106 valence electrons. The minimum atomic E-state index is 0.765. The molecule has 0 spiro atoms. The molecular weight excluding hydrogens is 254 g/mol. The first-order valence-electron chi connectivity index (χ1n) is 7.65. The van der Waals surface area contributed by atoms with Gasteiger partial charge in [-0.2, -0.15) is 0 Å². The van der Waals surface area contributed by atoms with E-state index in [1.165, 1.54) is 49.4 Å². The van der Waals surface area contributed by atoms with Crippen LogP contribution < -0.4 is 5.32 Å². The Bertz CT molecular complexity index is 405. The van der Waals surface area contributed by atoms with Crippen molar-refractivity contribution in [2.24, 2.45) is 0 Å². The average Bonchev–Trinajstić information content (AvgIpc) is 2.95. The molecule has 0 aromatic carbocycles. The van der Waals surface area contributed by atoms with Crippen molar-refractivity contribution < 1.29 is 0 Å². The molecule has 2 saturated heterocycles. The van der Waals surface area contributed by atoms with E-state index in [4.69, 9.17) is 0 Å². The number of nitrogens with one attached hydrogen (secondary N) is 1. The molecule has 2 aliphatic heterocycles. The van der Waals surface area contributed by atoms with Crippen LogP contribution in [0.25, 0.3) is 0 Å². The number of hydrogen-bond acceptors (Lipinski definition) is 4. The van der Waals surface area contributed by atoms with E-state index < -0.39 is 0 Å². The zero-order chi connectivity index (χ0) is 13.2. The van der Waals surface area contributed by atoms with Gasteiger partial charge in [0.25, 0.3) is 0 Å². The third-order valence-corrected chi connectivity index (χ3v) is 5.33. The normalized spacial score (nSPS) is 30.2. The van der Waals surface area contributed by atoms with Crippen LogP contribution in [0.15, 0.2) is 5.38 Å². The van der Waals surface area contributed by atoms with Crippen molar-refractivity contribution in [2.75, 3.05) is 6.54 Å². The molecule has 1 aromatic rings. The number of nitrogens with zero attached hydrogens (tertiary/aromatic N) is 2. The van der Waals surface area contributed by atoms with E-state index in [9.17, 15) is 0 Å². The molecule has 0 saturated carbocycles. The van der Waals surface area contributed by atoms with Gasteiger partial charge in [-0.25, -0.2) is 4.98 Å². The summed E-state index contributed by atoms with van der Waals surface area (Å²) in [5, 5.41) is 7.17. The van der Waals surface area contributed by atoms with Crippen molar-refractivity contribution in [3.8, 4) is 0 Å². The molecule has 0 radical (unpaired) electrons. The lowest BCUT2D eigenvalue weighted by Gasteiger charge is -2.37. The van der Waals surface area contributed by atoms with Crippen molar-refractivity contribution >= 4 is 11.3 Å². The quantitative estimate of drug-likeness (QED) is 0.898. The third kappa shape index (κ3) is 3.18. The Morgan fingerprint density at radius 3 is 2.68 bits per heavy atom. The van der Waals surface area contributed by atoms with Gasteiger partial charge in [0.2, 0.25) is 0 Å². The molecule has 3 heterocycles. The lowest BCUT2D eigenvalue weighted by Crippen LogP contribution is -2.48. The molecule has 2 aliphatic rings. The smallest absolute Gasteiger partial charge is 0.0897 e. The van der Waals surface area contributed by atoms with E-state index in [0.717, 1.165) is 24.7 Å². The standard InChI is InChI=1S/C15H25N3S/c1-3-6-18(9-14-10-19-11(2)16-14)15-7-12-4-5-13(8-15)17-12/h10,12-13,15,17H,3-9H2,1-2H3. The predicted molar refractivity (Wildman–Crippen MR) is 80.5 cm³/mol. The van der Waals surface area contributed by atoms with Crippen LogP contribution in [0.5, 0.6) is 0 Å². The minimum absolute atomic E-state index is 0.765. The summed E-state index contributed by atoms with van der Waals surface area (Å²) in [6.45, 7) is 6.64. The number of fused-ring (bicyclic) bond motifs is 2. The number of piperidine rings is 1. The highest BCUT2D eigenvalue weighted by Crippen LogP contribution is 2.30. The summed E-state index contributed by atoms with van der Waals surface area (Å²) in [5.74, 6) is 0. The predicted octanol–water partition coefficient (Wildman–Crippen LogP) is 2.95. The zero-order valence-corrected chi connectivity index (χ0v) is 12.9. The van der Waals surface area contributed by atoms with Crippen molar-refractivity contribution in [2.45, 2.75) is 70.6 Å². The second-order valence-electron chi connectivity index (χ2n) is 6.09. The van der Waals surface area contributed by atoms with Gasteiger partial charge in [0, 0.05) is 30.1 Å². The first-order chi connectivity index (χ1) is 9.24. The van der Waals surface area contributed by atoms with Crippen LogP contribution in [0.2, 0.25) is 0 Å². The first kappa shape index (κ1) is 13.5. The molecule has 19 heavy (non-hydrogen) atoms. The lowest BCUT2D eigenvalue weighted by molar-refractivity contribution is 0.132. The Kier molecular flexibility index (Phi) is 4.20. The minimum Gasteiger partial charge on any atom is -0.311 e. The fourth-order valence-corrected chi connectivity index (χ4v) is 4.30. The van der Waals surface area contributed by atoms with Crippen LogP contribution in [-0.2, 0) is 6.54 Å². The maximum atomic E-state index is 4.64. The molecule has 0 aliphatic carbocycles. The van der Waals surface area contributed by atoms with Gasteiger partial charge >= 0.3 is 0 Å². The van der Waals surface area contributed by atoms with Gasteiger partial charge in [-0.15, -0.1) is 11.3 Å². The number of rotatable bonds is 5. The van der Waals surface area contributed by atoms with Gasteiger partial charge < -0.3 is 5.32 Å². The van der Waals surface area contributed by atoms with E-state index in [0.29, 0.717) is 0 Å². The van der Waals surface area contributed by atoms with E-state index in [1.807, 2.05) is 0 Å². The van der Waals surface area contributed by atoms with E-state index >= 15 is 0 Å². The van der Waals surface area contributed by atoms with Crippen LogP contribution in [0.1, 0.15) is 49.7 Å². The maximum absolute atomic E-state index is 4.64. The molecule has 3 rings (SSSR count). The largest absolute Gasteiger partial charge is 0.311 e. The molecular formula is C15H25N3S. The summed E-state index contributed by atoms with van der Waals surface area (Å²) in [7, 11) is 0. The number of aryl methyl sites for hydroxylation is 1. The van der Waals surface area contributed by atoms with Crippen LogP contribution in [0, 0.1) is 6.92 Å². The fourth-order valence-electron chi connectivity index (χ4n) is 3.69. The Hall–Kier alpha value is -0.450. The molecule has 2 unspecified atom stereocenters. The zero-order valence-electron chi connectivity index (χ0n) is 12.1. The maximum Gasteiger partial charge on any atom is 0.0897 e. The van der Waals surface area contributed by atoms with Crippen LogP contribution in [-0.4, -0.2) is 34.6 Å². The molecule has 3 nitrogen and oxygen atoms in total. The summed E-state index contributed by atoms with van der Waals surface area (Å²) in [6, 6.07) is 2.32. The third-order valence-electron chi connectivity index (χ3n) is 4.51. The fraction of sp³-hybridized carbons (Fsp3) is 0.800. The molecule has 2 atom stereocenters. The van der Waals surface area contributed by atoms with Gasteiger partial charge in [0.1, 0.15) is 0 Å². The van der Waals surface area contributed by atoms with Gasteiger partial charge in [0.05, 0.1) is 10.7 Å².